The van der Waals surface area contributed by atoms with Gasteiger partial charge in [-0.2, -0.15) is 0 Å². The predicted molar refractivity (Wildman–Crippen MR) is 83.5 cm³/mol. The Balaban J connectivity index is 2.18. The monoisotopic (exact) mass is 338 g/mol. The van der Waals surface area contributed by atoms with E-state index >= 15 is 0 Å². The van der Waals surface area contributed by atoms with Gasteiger partial charge in [0, 0.05) is 21.9 Å². The standard InChI is InChI=1S/C15H16BrClN2/c16-14-8-13(9-19-10-14)12(5-6-18)7-11-1-3-15(17)4-2-11/h1-4,8-10,12H,5-7,18H2. The Bertz CT molecular complexity index is 528. The van der Waals surface area contributed by atoms with Gasteiger partial charge in [0.25, 0.3) is 0 Å². The molecule has 100 valence electrons. The quantitative estimate of drug-likeness (QED) is 0.888. The second kappa shape index (κ2) is 7.04. The number of benzene rings is 1. The fraction of sp³-hybridized carbons (Fsp3) is 0.267. The third-order valence-corrected chi connectivity index (χ3v) is 3.79. The second-order valence-electron chi connectivity index (χ2n) is 4.54. The first-order valence-corrected chi connectivity index (χ1v) is 7.41. The summed E-state index contributed by atoms with van der Waals surface area (Å²) in [5, 5.41) is 0.767. The SMILES string of the molecule is NCCC(Cc1ccc(Cl)cc1)c1cncc(Br)c1. The Morgan fingerprint density at radius 1 is 1.21 bits per heavy atom. The molecule has 0 saturated heterocycles. The highest BCUT2D eigenvalue weighted by atomic mass is 79.9. The summed E-state index contributed by atoms with van der Waals surface area (Å²) >= 11 is 9.38. The zero-order valence-corrected chi connectivity index (χ0v) is 12.9. The van der Waals surface area contributed by atoms with Crippen molar-refractivity contribution in [3.8, 4) is 0 Å². The van der Waals surface area contributed by atoms with Crippen LogP contribution < -0.4 is 5.73 Å². The van der Waals surface area contributed by atoms with Gasteiger partial charge in [-0.15, -0.1) is 0 Å². The summed E-state index contributed by atoms with van der Waals surface area (Å²) in [4.78, 5) is 4.23. The van der Waals surface area contributed by atoms with Gasteiger partial charge in [-0.1, -0.05) is 23.7 Å². The fourth-order valence-electron chi connectivity index (χ4n) is 2.14. The van der Waals surface area contributed by atoms with Gasteiger partial charge in [0.05, 0.1) is 0 Å². The van der Waals surface area contributed by atoms with Crippen molar-refractivity contribution in [1.29, 1.82) is 0 Å². The van der Waals surface area contributed by atoms with Crippen molar-refractivity contribution in [2.24, 2.45) is 5.73 Å². The van der Waals surface area contributed by atoms with E-state index in [4.69, 9.17) is 17.3 Å². The number of nitrogens with zero attached hydrogens (tertiary/aromatic N) is 1. The van der Waals surface area contributed by atoms with Crippen molar-refractivity contribution in [1.82, 2.24) is 4.98 Å². The zero-order valence-electron chi connectivity index (χ0n) is 10.5. The van der Waals surface area contributed by atoms with Crippen LogP contribution in [0, 0.1) is 0 Å². The van der Waals surface area contributed by atoms with E-state index in [0.29, 0.717) is 12.5 Å². The van der Waals surface area contributed by atoms with E-state index in [2.05, 4.69) is 39.1 Å². The van der Waals surface area contributed by atoms with Crippen LogP contribution >= 0.6 is 27.5 Å². The average Bonchev–Trinajstić information content (AvgIpc) is 2.41. The minimum atomic E-state index is 0.385. The van der Waals surface area contributed by atoms with E-state index in [1.165, 1.54) is 11.1 Å². The Morgan fingerprint density at radius 3 is 2.58 bits per heavy atom. The van der Waals surface area contributed by atoms with Crippen molar-refractivity contribution < 1.29 is 0 Å². The Hall–Kier alpha value is -0.900. The van der Waals surface area contributed by atoms with Crippen LogP contribution in [0.4, 0.5) is 0 Å². The number of hydrogen-bond acceptors (Lipinski definition) is 2. The molecular formula is C15H16BrClN2. The molecule has 2 aromatic rings. The molecule has 0 aliphatic rings. The van der Waals surface area contributed by atoms with E-state index in [1.807, 2.05) is 18.3 Å². The lowest BCUT2D eigenvalue weighted by molar-refractivity contribution is 0.627. The Labute approximate surface area is 127 Å². The van der Waals surface area contributed by atoms with Crippen LogP contribution in [-0.2, 0) is 6.42 Å². The molecule has 0 fully saturated rings. The molecule has 4 heteroatoms. The molecule has 1 heterocycles. The molecule has 0 radical (unpaired) electrons. The van der Waals surface area contributed by atoms with E-state index in [1.54, 1.807) is 6.20 Å². The highest BCUT2D eigenvalue weighted by Gasteiger charge is 2.12. The lowest BCUT2D eigenvalue weighted by Crippen LogP contribution is -2.10. The van der Waals surface area contributed by atoms with Gasteiger partial charge in [-0.25, -0.2) is 0 Å². The maximum atomic E-state index is 5.91. The summed E-state index contributed by atoms with van der Waals surface area (Å²) in [5.41, 5.74) is 8.21. The minimum absolute atomic E-state index is 0.385. The topological polar surface area (TPSA) is 38.9 Å². The lowest BCUT2D eigenvalue weighted by Gasteiger charge is -2.16. The molecule has 2 rings (SSSR count). The van der Waals surface area contributed by atoms with Gasteiger partial charge in [-0.3, -0.25) is 4.98 Å². The molecule has 1 aromatic carbocycles. The molecule has 2 N–H and O–H groups in total. The molecule has 1 aromatic heterocycles. The Kier molecular flexibility index (Phi) is 5.37. The smallest absolute Gasteiger partial charge is 0.0410 e. The van der Waals surface area contributed by atoms with Crippen LogP contribution in [0.2, 0.25) is 5.02 Å². The number of rotatable bonds is 5. The first-order valence-electron chi connectivity index (χ1n) is 6.24. The summed E-state index contributed by atoms with van der Waals surface area (Å²) in [7, 11) is 0. The maximum Gasteiger partial charge on any atom is 0.0410 e. The van der Waals surface area contributed by atoms with E-state index in [9.17, 15) is 0 Å². The summed E-state index contributed by atoms with van der Waals surface area (Å²) < 4.78 is 1.00. The highest BCUT2D eigenvalue weighted by molar-refractivity contribution is 9.10. The predicted octanol–water partition coefficient (Wildman–Crippen LogP) is 4.17. The number of nitrogens with two attached hydrogens (primary N) is 1. The number of halogens is 2. The highest BCUT2D eigenvalue weighted by Crippen LogP contribution is 2.26. The van der Waals surface area contributed by atoms with Crippen LogP contribution in [0.25, 0.3) is 0 Å². The van der Waals surface area contributed by atoms with E-state index in [-0.39, 0.29) is 0 Å². The molecule has 0 bridgehead atoms. The first-order chi connectivity index (χ1) is 9.19. The largest absolute Gasteiger partial charge is 0.330 e. The zero-order chi connectivity index (χ0) is 13.7. The van der Waals surface area contributed by atoms with Gasteiger partial charge in [0.1, 0.15) is 0 Å². The summed E-state index contributed by atoms with van der Waals surface area (Å²) in [6.45, 7) is 0.671. The lowest BCUT2D eigenvalue weighted by atomic mass is 9.90. The number of pyridine rings is 1. The van der Waals surface area contributed by atoms with Crippen molar-refractivity contribution in [2.75, 3.05) is 6.54 Å². The van der Waals surface area contributed by atoms with Gasteiger partial charge < -0.3 is 5.73 Å². The van der Waals surface area contributed by atoms with Crippen LogP contribution in [-0.4, -0.2) is 11.5 Å². The summed E-state index contributed by atoms with van der Waals surface area (Å²) in [5.74, 6) is 0.385. The van der Waals surface area contributed by atoms with Crippen LogP contribution in [0.5, 0.6) is 0 Å². The molecular weight excluding hydrogens is 324 g/mol. The van der Waals surface area contributed by atoms with Gasteiger partial charge in [0.15, 0.2) is 0 Å². The molecule has 0 spiro atoms. The first kappa shape index (κ1) is 14.5. The molecule has 2 nitrogen and oxygen atoms in total. The fourth-order valence-corrected chi connectivity index (χ4v) is 2.65. The van der Waals surface area contributed by atoms with Gasteiger partial charge >= 0.3 is 0 Å². The maximum absolute atomic E-state index is 5.91. The minimum Gasteiger partial charge on any atom is -0.330 e. The number of hydrogen-bond donors (Lipinski definition) is 1. The average molecular weight is 340 g/mol. The molecule has 1 atom stereocenters. The third-order valence-electron chi connectivity index (χ3n) is 3.11. The Morgan fingerprint density at radius 2 is 1.95 bits per heavy atom. The van der Waals surface area contributed by atoms with Crippen LogP contribution in [0.3, 0.4) is 0 Å². The molecule has 0 aliphatic carbocycles. The summed E-state index contributed by atoms with van der Waals surface area (Å²) in [6.07, 6.45) is 5.61. The third kappa shape index (κ3) is 4.30. The number of aromatic nitrogens is 1. The van der Waals surface area contributed by atoms with Gasteiger partial charge in [-0.05, 0) is 70.6 Å². The van der Waals surface area contributed by atoms with Crippen LogP contribution in [0.1, 0.15) is 23.5 Å². The van der Waals surface area contributed by atoms with Crippen LogP contribution in [0.15, 0.2) is 47.2 Å². The normalized spacial score (nSPS) is 12.4. The molecule has 0 amide bonds. The molecule has 0 aliphatic heterocycles. The molecule has 1 unspecified atom stereocenters. The van der Waals surface area contributed by atoms with Crippen molar-refractivity contribution >= 4 is 27.5 Å². The van der Waals surface area contributed by atoms with Gasteiger partial charge in [0.2, 0.25) is 0 Å². The van der Waals surface area contributed by atoms with Crippen molar-refractivity contribution in [2.45, 2.75) is 18.8 Å². The molecule has 0 saturated carbocycles. The van der Waals surface area contributed by atoms with Crippen molar-refractivity contribution in [3.63, 3.8) is 0 Å². The van der Waals surface area contributed by atoms with E-state index < -0.39 is 0 Å². The molecule has 19 heavy (non-hydrogen) atoms. The summed E-state index contributed by atoms with van der Waals surface area (Å²) in [6, 6.07) is 10.1. The second-order valence-corrected chi connectivity index (χ2v) is 5.89. The van der Waals surface area contributed by atoms with Crippen molar-refractivity contribution in [3.05, 3.63) is 63.3 Å². The van der Waals surface area contributed by atoms with E-state index in [0.717, 1.165) is 22.3 Å².